The second-order valence-corrected chi connectivity index (χ2v) is 1.58. The molecule has 0 aliphatic heterocycles. The SMILES string of the molecule is O=C(O)C(F)=C(F)Br. The van der Waals surface area contributed by atoms with Gasteiger partial charge in [-0.25, -0.2) is 4.79 Å². The molecule has 8 heavy (non-hydrogen) atoms. The number of hydrogen-bond donors (Lipinski definition) is 1. The molecule has 0 aliphatic rings. The molecule has 0 fully saturated rings. The van der Waals surface area contributed by atoms with Crippen LogP contribution in [0.3, 0.4) is 0 Å². The number of hydrogen-bond acceptors (Lipinski definition) is 1. The summed E-state index contributed by atoms with van der Waals surface area (Å²) in [6.45, 7) is 0. The minimum atomic E-state index is -1.92. The Morgan fingerprint density at radius 2 is 1.88 bits per heavy atom. The van der Waals surface area contributed by atoms with Gasteiger partial charge < -0.3 is 5.11 Å². The molecule has 0 rings (SSSR count). The van der Waals surface area contributed by atoms with Crippen LogP contribution >= 0.6 is 15.9 Å². The van der Waals surface area contributed by atoms with Crippen molar-refractivity contribution in [2.24, 2.45) is 0 Å². The fourth-order valence-corrected chi connectivity index (χ4v) is 0.250. The molecular formula is C3HBrF2O2. The van der Waals surface area contributed by atoms with Gasteiger partial charge in [-0.3, -0.25) is 0 Å². The van der Waals surface area contributed by atoms with E-state index in [1.165, 1.54) is 0 Å². The van der Waals surface area contributed by atoms with Crippen LogP contribution in [0.4, 0.5) is 8.78 Å². The summed E-state index contributed by atoms with van der Waals surface area (Å²) in [4.78, 5) is 9.44. The van der Waals surface area contributed by atoms with Crippen molar-refractivity contribution in [2.45, 2.75) is 0 Å². The Morgan fingerprint density at radius 3 is 1.88 bits per heavy atom. The van der Waals surface area contributed by atoms with Crippen LogP contribution in [0.1, 0.15) is 0 Å². The minimum Gasteiger partial charge on any atom is -0.476 e. The number of rotatable bonds is 1. The summed E-state index contributed by atoms with van der Waals surface area (Å²) in [5.74, 6) is -3.73. The molecule has 0 aromatic carbocycles. The molecule has 0 spiro atoms. The molecule has 0 unspecified atom stereocenters. The van der Waals surface area contributed by atoms with Crippen LogP contribution in [0, 0.1) is 0 Å². The lowest BCUT2D eigenvalue weighted by molar-refractivity contribution is -0.134. The normalized spacial score (nSPS) is 12.9. The van der Waals surface area contributed by atoms with Crippen LogP contribution in [0.15, 0.2) is 10.6 Å². The van der Waals surface area contributed by atoms with E-state index in [1.807, 2.05) is 15.9 Å². The van der Waals surface area contributed by atoms with Gasteiger partial charge in [-0.2, -0.15) is 8.78 Å². The van der Waals surface area contributed by atoms with Gasteiger partial charge in [-0.15, -0.1) is 0 Å². The average molecular weight is 187 g/mol. The quantitative estimate of drug-likeness (QED) is 0.632. The first-order valence-corrected chi connectivity index (χ1v) is 2.29. The van der Waals surface area contributed by atoms with Crippen molar-refractivity contribution in [3.05, 3.63) is 10.6 Å². The van der Waals surface area contributed by atoms with Gasteiger partial charge in [0.2, 0.25) is 10.6 Å². The molecule has 46 valence electrons. The molecule has 0 heterocycles. The molecule has 2 nitrogen and oxygen atoms in total. The van der Waals surface area contributed by atoms with Crippen molar-refractivity contribution in [1.82, 2.24) is 0 Å². The molecule has 0 saturated heterocycles. The van der Waals surface area contributed by atoms with Crippen LogP contribution in [-0.2, 0) is 4.79 Å². The van der Waals surface area contributed by atoms with Crippen molar-refractivity contribution in [3.63, 3.8) is 0 Å². The van der Waals surface area contributed by atoms with E-state index in [9.17, 15) is 13.6 Å². The topological polar surface area (TPSA) is 37.3 Å². The lowest BCUT2D eigenvalue weighted by Crippen LogP contribution is -1.94. The zero-order valence-corrected chi connectivity index (χ0v) is 5.08. The molecule has 0 aromatic heterocycles. The Labute approximate surface area is 51.9 Å². The van der Waals surface area contributed by atoms with E-state index in [-0.39, 0.29) is 0 Å². The highest BCUT2D eigenvalue weighted by atomic mass is 79.9. The number of carbonyl (C=O) groups is 1. The van der Waals surface area contributed by atoms with Crippen molar-refractivity contribution in [2.75, 3.05) is 0 Å². The van der Waals surface area contributed by atoms with Crippen molar-refractivity contribution in [3.8, 4) is 0 Å². The van der Waals surface area contributed by atoms with E-state index in [0.717, 1.165) is 0 Å². The highest BCUT2D eigenvalue weighted by Crippen LogP contribution is 2.13. The van der Waals surface area contributed by atoms with Gasteiger partial charge in [0.1, 0.15) is 0 Å². The molecule has 0 aromatic rings. The van der Waals surface area contributed by atoms with E-state index in [4.69, 9.17) is 5.11 Å². The predicted octanol–water partition coefficient (Wildman–Crippen LogP) is 1.57. The largest absolute Gasteiger partial charge is 0.476 e. The van der Waals surface area contributed by atoms with Crippen LogP contribution in [0.5, 0.6) is 0 Å². The maximum absolute atomic E-state index is 11.5. The summed E-state index contributed by atoms with van der Waals surface area (Å²) in [5, 5.41) is 7.65. The minimum absolute atomic E-state index is 1.50. The molecule has 0 aliphatic carbocycles. The molecule has 0 atom stereocenters. The van der Waals surface area contributed by atoms with E-state index in [2.05, 4.69) is 0 Å². The van der Waals surface area contributed by atoms with Gasteiger partial charge >= 0.3 is 5.97 Å². The van der Waals surface area contributed by atoms with E-state index >= 15 is 0 Å². The molecule has 0 saturated carbocycles. The first-order valence-electron chi connectivity index (χ1n) is 1.49. The first kappa shape index (κ1) is 7.55. The van der Waals surface area contributed by atoms with E-state index in [1.54, 1.807) is 0 Å². The second kappa shape index (κ2) is 2.76. The van der Waals surface area contributed by atoms with Crippen molar-refractivity contribution < 1.29 is 18.7 Å². The smallest absolute Gasteiger partial charge is 0.368 e. The van der Waals surface area contributed by atoms with Gasteiger partial charge in [0.25, 0.3) is 0 Å². The van der Waals surface area contributed by atoms with Crippen molar-refractivity contribution in [1.29, 1.82) is 0 Å². The van der Waals surface area contributed by atoms with Crippen LogP contribution in [-0.4, -0.2) is 11.1 Å². The highest BCUT2D eigenvalue weighted by molar-refractivity contribution is 9.11. The Bertz CT molecular complexity index is 138. The third-order valence-electron chi connectivity index (χ3n) is 0.354. The van der Waals surface area contributed by atoms with E-state index < -0.39 is 16.5 Å². The Morgan fingerprint density at radius 1 is 1.50 bits per heavy atom. The van der Waals surface area contributed by atoms with Crippen LogP contribution < -0.4 is 0 Å². The zero-order valence-electron chi connectivity index (χ0n) is 3.49. The van der Waals surface area contributed by atoms with Gasteiger partial charge in [0, 0.05) is 0 Å². The highest BCUT2D eigenvalue weighted by Gasteiger charge is 2.10. The number of aliphatic carboxylic acids is 1. The number of halogens is 3. The van der Waals surface area contributed by atoms with Crippen LogP contribution in [0.25, 0.3) is 0 Å². The second-order valence-electron chi connectivity index (χ2n) is 0.880. The average Bonchev–Trinajstić information content (AvgIpc) is 1.64. The molecule has 0 radical (unpaired) electrons. The molecule has 0 bridgehead atoms. The zero-order chi connectivity index (χ0) is 6.73. The van der Waals surface area contributed by atoms with Gasteiger partial charge in [-0.1, -0.05) is 0 Å². The lowest BCUT2D eigenvalue weighted by Gasteiger charge is -1.82. The number of carboxylic acid groups (broad SMARTS) is 1. The fraction of sp³-hybridized carbons (Fsp3) is 0. The number of carboxylic acids is 1. The third-order valence-corrected chi connectivity index (χ3v) is 0.702. The monoisotopic (exact) mass is 186 g/mol. The third kappa shape index (κ3) is 2.02. The summed E-state index contributed by atoms with van der Waals surface area (Å²) in [6.07, 6.45) is 0. The van der Waals surface area contributed by atoms with Crippen LogP contribution in [0.2, 0.25) is 0 Å². The fourth-order valence-electron chi connectivity index (χ4n) is 0.0808. The van der Waals surface area contributed by atoms with Crippen molar-refractivity contribution >= 4 is 21.9 Å². The summed E-state index contributed by atoms with van der Waals surface area (Å²) in [5.41, 5.74) is 0. The van der Waals surface area contributed by atoms with E-state index in [0.29, 0.717) is 0 Å². The molecular weight excluding hydrogens is 186 g/mol. The Balaban J connectivity index is 4.23. The molecule has 5 heteroatoms. The molecule has 1 N–H and O–H groups in total. The van der Waals surface area contributed by atoms with Gasteiger partial charge in [0.15, 0.2) is 0 Å². The maximum Gasteiger partial charge on any atom is 0.368 e. The molecule has 0 amide bonds. The first-order chi connectivity index (χ1) is 3.55. The summed E-state index contributed by atoms with van der Waals surface area (Å²) >= 11 is 2.00. The van der Waals surface area contributed by atoms with Gasteiger partial charge in [0.05, 0.1) is 0 Å². The standard InChI is InChI=1S/C3HBrF2O2/c4-2(6)1(5)3(7)8/h(H,7,8). The van der Waals surface area contributed by atoms with Gasteiger partial charge in [-0.05, 0) is 15.9 Å². The Hall–Kier alpha value is -0.450. The lowest BCUT2D eigenvalue weighted by atomic mass is 10.6. The summed E-state index contributed by atoms with van der Waals surface area (Å²) in [7, 11) is 0. The summed E-state index contributed by atoms with van der Waals surface area (Å²) in [6, 6.07) is 0. The predicted molar refractivity (Wildman–Crippen MR) is 25.8 cm³/mol. The Kier molecular flexibility index (Phi) is 2.60. The summed E-state index contributed by atoms with van der Waals surface area (Å²) < 4.78 is 21.4. The maximum atomic E-state index is 11.5.